The number of anilines is 2. The van der Waals surface area contributed by atoms with Crippen LogP contribution in [0.5, 0.6) is 0 Å². The van der Waals surface area contributed by atoms with Crippen molar-refractivity contribution in [3.63, 3.8) is 0 Å². The van der Waals surface area contributed by atoms with Crippen LogP contribution in [0.4, 0.5) is 20.2 Å². The summed E-state index contributed by atoms with van der Waals surface area (Å²) >= 11 is 0. The molecule has 5 rings (SSSR count). The molecule has 1 aliphatic carbocycles. The Bertz CT molecular complexity index is 1110. The van der Waals surface area contributed by atoms with Crippen molar-refractivity contribution in [3.8, 4) is 0 Å². The largest absolute Gasteiger partial charge is 0.370 e. The van der Waals surface area contributed by atoms with E-state index < -0.39 is 17.5 Å². The molecule has 2 N–H and O–H groups in total. The molecule has 1 amide bonds. The molecule has 162 valence electrons. The molecule has 0 bridgehead atoms. The molecule has 3 aromatic rings. The molecule has 0 atom stereocenters. The number of carbonyl (C=O) groups is 1. The normalized spacial score (nSPS) is 17.4. The van der Waals surface area contributed by atoms with E-state index in [0.29, 0.717) is 11.6 Å². The van der Waals surface area contributed by atoms with Crippen molar-refractivity contribution in [2.24, 2.45) is 0 Å². The molecule has 0 radical (unpaired) electrons. The molecular weight excluding hydrogens is 398 g/mol. The minimum Gasteiger partial charge on any atom is -0.370 e. The summed E-state index contributed by atoms with van der Waals surface area (Å²) in [6, 6.07) is 6.89. The zero-order valence-corrected chi connectivity index (χ0v) is 17.4. The highest BCUT2D eigenvalue weighted by molar-refractivity contribution is 6.07. The number of hydrogen-bond acceptors (Lipinski definition) is 3. The van der Waals surface area contributed by atoms with Crippen molar-refractivity contribution < 1.29 is 13.6 Å². The second-order valence-electron chi connectivity index (χ2n) is 8.62. The van der Waals surface area contributed by atoms with Gasteiger partial charge in [0.25, 0.3) is 5.91 Å². The van der Waals surface area contributed by atoms with Crippen LogP contribution >= 0.6 is 0 Å². The van der Waals surface area contributed by atoms with Gasteiger partial charge in [-0.15, -0.1) is 0 Å². The number of rotatable bonds is 4. The molecule has 1 aliphatic heterocycles. The van der Waals surface area contributed by atoms with Gasteiger partial charge in [0.2, 0.25) is 0 Å². The first kappa shape index (κ1) is 20.0. The van der Waals surface area contributed by atoms with E-state index in [0.717, 1.165) is 73.5 Å². The van der Waals surface area contributed by atoms with Crippen LogP contribution in [0.3, 0.4) is 0 Å². The van der Waals surface area contributed by atoms with Crippen molar-refractivity contribution in [3.05, 3.63) is 53.4 Å². The van der Waals surface area contributed by atoms with E-state index in [1.165, 1.54) is 25.3 Å². The Kier molecular flexibility index (Phi) is 5.34. The number of nitrogens with one attached hydrogen (secondary N) is 2. The Morgan fingerprint density at radius 1 is 1.03 bits per heavy atom. The van der Waals surface area contributed by atoms with Gasteiger partial charge >= 0.3 is 0 Å². The van der Waals surface area contributed by atoms with Crippen LogP contribution in [-0.2, 0) is 0 Å². The highest BCUT2D eigenvalue weighted by Crippen LogP contribution is 2.36. The Morgan fingerprint density at radius 2 is 1.81 bits per heavy atom. The predicted octanol–water partition coefficient (Wildman–Crippen LogP) is 5.74. The van der Waals surface area contributed by atoms with Crippen LogP contribution in [0.15, 0.2) is 30.3 Å². The zero-order chi connectivity index (χ0) is 21.4. The van der Waals surface area contributed by atoms with Gasteiger partial charge in [-0.05, 0) is 49.9 Å². The van der Waals surface area contributed by atoms with Crippen molar-refractivity contribution >= 4 is 28.3 Å². The zero-order valence-electron chi connectivity index (χ0n) is 17.4. The summed E-state index contributed by atoms with van der Waals surface area (Å²) in [4.78, 5) is 23.3. The maximum Gasteiger partial charge on any atom is 0.258 e. The number of H-pyrrole nitrogens is 1. The van der Waals surface area contributed by atoms with Gasteiger partial charge in [-0.1, -0.05) is 19.3 Å². The summed E-state index contributed by atoms with van der Waals surface area (Å²) in [7, 11) is 0. The number of imidazole rings is 1. The van der Waals surface area contributed by atoms with Crippen LogP contribution in [0.2, 0.25) is 0 Å². The third-order valence-corrected chi connectivity index (χ3v) is 6.48. The van der Waals surface area contributed by atoms with E-state index in [4.69, 9.17) is 4.98 Å². The van der Waals surface area contributed by atoms with E-state index in [1.54, 1.807) is 0 Å². The Balaban J connectivity index is 1.51. The van der Waals surface area contributed by atoms with E-state index in [-0.39, 0.29) is 5.56 Å². The van der Waals surface area contributed by atoms with Gasteiger partial charge in [0.1, 0.15) is 17.5 Å². The lowest BCUT2D eigenvalue weighted by Crippen LogP contribution is -2.21. The van der Waals surface area contributed by atoms with Gasteiger partial charge in [0, 0.05) is 25.1 Å². The molecule has 7 heteroatoms. The van der Waals surface area contributed by atoms with Gasteiger partial charge in [0.05, 0.1) is 28.0 Å². The standard InChI is InChI=1S/C24H26F2N4O/c25-16-8-9-17(18(26)12-16)24(31)29-21-13-19-20(14-22(21)30-10-4-5-11-30)28-23(27-19)15-6-2-1-3-7-15/h8-9,12-15H,1-7,10-11H2,(H,27,28)(H,29,31). The molecule has 2 aliphatic rings. The monoisotopic (exact) mass is 424 g/mol. The molecule has 31 heavy (non-hydrogen) atoms. The first-order valence-electron chi connectivity index (χ1n) is 11.1. The summed E-state index contributed by atoms with van der Waals surface area (Å²) < 4.78 is 27.4. The first-order valence-corrected chi connectivity index (χ1v) is 11.1. The van der Waals surface area contributed by atoms with E-state index in [2.05, 4.69) is 15.2 Å². The maximum atomic E-state index is 14.1. The average Bonchev–Trinajstić information content (AvgIpc) is 3.43. The van der Waals surface area contributed by atoms with Gasteiger partial charge < -0.3 is 15.2 Å². The molecule has 0 unspecified atom stereocenters. The highest BCUT2D eigenvalue weighted by atomic mass is 19.1. The summed E-state index contributed by atoms with van der Waals surface area (Å²) in [5, 5.41) is 2.85. The molecule has 2 heterocycles. The fourth-order valence-corrected chi connectivity index (χ4v) is 4.82. The quantitative estimate of drug-likeness (QED) is 0.561. The number of aromatic amines is 1. The number of nitrogens with zero attached hydrogens (tertiary/aromatic N) is 2. The number of halogens is 2. The number of benzene rings is 2. The number of fused-ring (bicyclic) bond motifs is 1. The molecule has 5 nitrogen and oxygen atoms in total. The number of hydrogen-bond donors (Lipinski definition) is 2. The highest BCUT2D eigenvalue weighted by Gasteiger charge is 2.23. The van der Waals surface area contributed by atoms with Crippen LogP contribution < -0.4 is 10.2 Å². The topological polar surface area (TPSA) is 61.0 Å². The van der Waals surface area contributed by atoms with Gasteiger partial charge in [-0.25, -0.2) is 13.8 Å². The Morgan fingerprint density at radius 3 is 2.55 bits per heavy atom. The lowest BCUT2D eigenvalue weighted by molar-refractivity contribution is 0.102. The average molecular weight is 424 g/mol. The van der Waals surface area contributed by atoms with Gasteiger partial charge in [0.15, 0.2) is 0 Å². The third kappa shape index (κ3) is 4.01. The van der Waals surface area contributed by atoms with Gasteiger partial charge in [-0.2, -0.15) is 0 Å². The fraction of sp³-hybridized carbons (Fsp3) is 0.417. The third-order valence-electron chi connectivity index (χ3n) is 6.48. The molecule has 2 aromatic carbocycles. The SMILES string of the molecule is O=C(Nc1cc2[nH]c(C3CCCCC3)nc2cc1N1CCCC1)c1ccc(F)cc1F. The molecule has 1 saturated carbocycles. The summed E-state index contributed by atoms with van der Waals surface area (Å²) in [5.74, 6) is -0.717. The first-order chi connectivity index (χ1) is 15.1. The van der Waals surface area contributed by atoms with Gasteiger partial charge in [-0.3, -0.25) is 4.79 Å². The molecular formula is C24H26F2N4O. The predicted molar refractivity (Wildman–Crippen MR) is 118 cm³/mol. The lowest BCUT2D eigenvalue weighted by atomic mass is 9.89. The summed E-state index contributed by atoms with van der Waals surface area (Å²) in [5.41, 5.74) is 3.07. The van der Waals surface area contributed by atoms with Crippen LogP contribution in [0.25, 0.3) is 11.0 Å². The molecule has 1 saturated heterocycles. The van der Waals surface area contributed by atoms with Crippen LogP contribution in [-0.4, -0.2) is 29.0 Å². The van der Waals surface area contributed by atoms with Crippen molar-refractivity contribution in [1.29, 1.82) is 0 Å². The lowest BCUT2D eigenvalue weighted by Gasteiger charge is -2.21. The van der Waals surface area contributed by atoms with Crippen LogP contribution in [0, 0.1) is 11.6 Å². The molecule has 2 fully saturated rings. The van der Waals surface area contributed by atoms with Crippen molar-refractivity contribution in [1.82, 2.24) is 9.97 Å². The van der Waals surface area contributed by atoms with E-state index in [9.17, 15) is 13.6 Å². The number of carbonyl (C=O) groups excluding carboxylic acids is 1. The second-order valence-corrected chi connectivity index (χ2v) is 8.62. The van der Waals surface area contributed by atoms with Crippen molar-refractivity contribution in [2.45, 2.75) is 50.9 Å². The molecule has 0 spiro atoms. The van der Waals surface area contributed by atoms with Crippen LogP contribution in [0.1, 0.15) is 67.0 Å². The minimum absolute atomic E-state index is 0.179. The summed E-state index contributed by atoms with van der Waals surface area (Å²) in [6.45, 7) is 1.80. The summed E-state index contributed by atoms with van der Waals surface area (Å²) in [6.07, 6.45) is 8.21. The second kappa shape index (κ2) is 8.29. The maximum absolute atomic E-state index is 14.1. The Hall–Kier alpha value is -2.96. The Labute approximate surface area is 179 Å². The smallest absolute Gasteiger partial charge is 0.258 e. The van der Waals surface area contributed by atoms with E-state index in [1.807, 2.05) is 12.1 Å². The van der Waals surface area contributed by atoms with Crippen molar-refractivity contribution in [2.75, 3.05) is 23.3 Å². The molecule has 1 aromatic heterocycles. The number of amides is 1. The minimum atomic E-state index is -0.873. The number of aromatic nitrogens is 2. The van der Waals surface area contributed by atoms with E-state index >= 15 is 0 Å². The fourth-order valence-electron chi connectivity index (χ4n) is 4.82.